The van der Waals surface area contributed by atoms with Crippen LogP contribution in [0.5, 0.6) is 0 Å². The first-order chi connectivity index (χ1) is 11.7. The molecule has 6 heteroatoms. The van der Waals surface area contributed by atoms with Crippen LogP contribution in [-0.4, -0.2) is 52.3 Å². The van der Waals surface area contributed by atoms with E-state index in [0.29, 0.717) is 6.04 Å². The molecular formula is C18H31N5O. The van der Waals surface area contributed by atoms with Gasteiger partial charge in [0.15, 0.2) is 0 Å². The Hall–Kier alpha value is -1.40. The number of nitrogens with one attached hydrogen (secondary N) is 2. The van der Waals surface area contributed by atoms with Crippen molar-refractivity contribution in [2.24, 2.45) is 0 Å². The van der Waals surface area contributed by atoms with E-state index in [1.165, 1.54) is 0 Å². The lowest BCUT2D eigenvalue weighted by Gasteiger charge is -2.35. The van der Waals surface area contributed by atoms with E-state index in [1.807, 2.05) is 17.8 Å². The van der Waals surface area contributed by atoms with Gasteiger partial charge in [0.25, 0.3) is 0 Å². The molecular weight excluding hydrogens is 302 g/mol. The first kappa shape index (κ1) is 17.4. The van der Waals surface area contributed by atoms with Gasteiger partial charge in [-0.25, -0.2) is 4.68 Å². The highest BCUT2D eigenvalue weighted by Crippen LogP contribution is 2.26. The van der Waals surface area contributed by atoms with Gasteiger partial charge in [0, 0.05) is 18.2 Å². The van der Waals surface area contributed by atoms with E-state index in [-0.39, 0.29) is 11.9 Å². The van der Waals surface area contributed by atoms with Gasteiger partial charge in [-0.3, -0.25) is 9.69 Å². The third-order valence-electron chi connectivity index (χ3n) is 5.36. The molecule has 0 aromatic carbocycles. The number of nitrogens with zero attached hydrogens (tertiary/aromatic N) is 3. The lowest BCUT2D eigenvalue weighted by Crippen LogP contribution is -2.49. The van der Waals surface area contributed by atoms with Gasteiger partial charge in [0.1, 0.15) is 5.82 Å². The molecule has 134 valence electrons. The number of unbranched alkanes of at least 4 members (excludes halogenated alkanes) is 1. The number of amides is 1. The quantitative estimate of drug-likeness (QED) is 0.837. The van der Waals surface area contributed by atoms with Gasteiger partial charge < -0.3 is 10.6 Å². The molecule has 3 heterocycles. The van der Waals surface area contributed by atoms with Crippen molar-refractivity contribution in [2.45, 2.75) is 71.0 Å². The normalized spacial score (nSPS) is 22.8. The molecule has 1 amide bonds. The van der Waals surface area contributed by atoms with E-state index in [1.54, 1.807) is 0 Å². The van der Waals surface area contributed by atoms with Crippen molar-refractivity contribution in [3.8, 4) is 0 Å². The van der Waals surface area contributed by atoms with Crippen LogP contribution in [0.3, 0.4) is 0 Å². The number of carbonyl (C=O) groups excluding carboxylic acids is 1. The SMILES string of the molecule is CCCCn1ncc(C)c1NC(=O)[C@@H]1CCCN1C1CCNCC1. The maximum atomic E-state index is 12.9. The summed E-state index contributed by atoms with van der Waals surface area (Å²) in [6.07, 6.45) is 8.44. The van der Waals surface area contributed by atoms with Gasteiger partial charge in [0.2, 0.25) is 5.91 Å². The van der Waals surface area contributed by atoms with Crippen molar-refractivity contribution in [2.75, 3.05) is 25.0 Å². The van der Waals surface area contributed by atoms with Crippen LogP contribution >= 0.6 is 0 Å². The number of hydrogen-bond donors (Lipinski definition) is 2. The molecule has 2 aliphatic rings. The number of likely N-dealkylation sites (tertiary alicyclic amines) is 1. The monoisotopic (exact) mass is 333 g/mol. The number of carbonyl (C=O) groups is 1. The Labute approximate surface area is 145 Å². The zero-order chi connectivity index (χ0) is 16.9. The predicted molar refractivity (Wildman–Crippen MR) is 96.1 cm³/mol. The Morgan fingerprint density at radius 3 is 2.92 bits per heavy atom. The lowest BCUT2D eigenvalue weighted by atomic mass is 10.0. The molecule has 0 bridgehead atoms. The highest BCUT2D eigenvalue weighted by atomic mass is 16.2. The molecule has 0 unspecified atom stereocenters. The van der Waals surface area contributed by atoms with E-state index in [2.05, 4.69) is 27.6 Å². The number of aryl methyl sites for hydroxylation is 2. The van der Waals surface area contributed by atoms with Gasteiger partial charge in [-0.2, -0.15) is 5.10 Å². The predicted octanol–water partition coefficient (Wildman–Crippen LogP) is 2.15. The maximum absolute atomic E-state index is 12.9. The average Bonchev–Trinajstić information content (AvgIpc) is 3.22. The van der Waals surface area contributed by atoms with Crippen LogP contribution in [0.15, 0.2) is 6.20 Å². The number of piperidine rings is 1. The summed E-state index contributed by atoms with van der Waals surface area (Å²) in [6, 6.07) is 0.567. The average molecular weight is 333 g/mol. The summed E-state index contributed by atoms with van der Waals surface area (Å²) in [5, 5.41) is 11.0. The fraction of sp³-hybridized carbons (Fsp3) is 0.778. The number of aromatic nitrogens is 2. The first-order valence-corrected chi connectivity index (χ1v) is 9.50. The Bertz CT molecular complexity index is 550. The second-order valence-corrected chi connectivity index (χ2v) is 7.12. The molecule has 3 rings (SSSR count). The van der Waals surface area contributed by atoms with E-state index >= 15 is 0 Å². The van der Waals surface area contributed by atoms with Crippen LogP contribution in [0, 0.1) is 6.92 Å². The molecule has 6 nitrogen and oxygen atoms in total. The number of rotatable bonds is 6. The summed E-state index contributed by atoms with van der Waals surface area (Å²) in [4.78, 5) is 15.4. The van der Waals surface area contributed by atoms with E-state index in [0.717, 1.165) is 76.1 Å². The van der Waals surface area contributed by atoms with Gasteiger partial charge in [-0.15, -0.1) is 0 Å². The van der Waals surface area contributed by atoms with Crippen LogP contribution in [0.25, 0.3) is 0 Å². The Morgan fingerprint density at radius 1 is 1.38 bits per heavy atom. The van der Waals surface area contributed by atoms with Crippen LogP contribution < -0.4 is 10.6 Å². The molecule has 2 fully saturated rings. The van der Waals surface area contributed by atoms with E-state index in [9.17, 15) is 4.79 Å². The topological polar surface area (TPSA) is 62.2 Å². The summed E-state index contributed by atoms with van der Waals surface area (Å²) in [5.74, 6) is 1.03. The smallest absolute Gasteiger partial charge is 0.242 e. The minimum Gasteiger partial charge on any atom is -0.317 e. The Balaban J connectivity index is 1.66. The molecule has 2 N–H and O–H groups in total. The molecule has 1 aromatic heterocycles. The van der Waals surface area contributed by atoms with Gasteiger partial charge in [-0.1, -0.05) is 13.3 Å². The lowest BCUT2D eigenvalue weighted by molar-refractivity contribution is -0.121. The van der Waals surface area contributed by atoms with Crippen LogP contribution in [0.2, 0.25) is 0 Å². The summed E-state index contributed by atoms with van der Waals surface area (Å²) >= 11 is 0. The number of anilines is 1. The van der Waals surface area contributed by atoms with E-state index < -0.39 is 0 Å². The zero-order valence-corrected chi connectivity index (χ0v) is 15.1. The van der Waals surface area contributed by atoms with Gasteiger partial charge >= 0.3 is 0 Å². The fourth-order valence-corrected chi connectivity index (χ4v) is 3.97. The highest BCUT2D eigenvalue weighted by molar-refractivity contribution is 5.94. The maximum Gasteiger partial charge on any atom is 0.242 e. The standard InChI is InChI=1S/C18H31N5O/c1-3-4-12-23-17(14(2)13-20-23)21-18(24)16-6-5-11-22(16)15-7-9-19-10-8-15/h13,15-16,19H,3-12H2,1-2H3,(H,21,24)/t16-/m0/s1. The van der Waals surface area contributed by atoms with Crippen molar-refractivity contribution in [3.63, 3.8) is 0 Å². The van der Waals surface area contributed by atoms with Gasteiger partial charge in [-0.05, 0) is 58.7 Å². The molecule has 1 atom stereocenters. The highest BCUT2D eigenvalue weighted by Gasteiger charge is 2.36. The van der Waals surface area contributed by atoms with Gasteiger partial charge in [0.05, 0.1) is 12.2 Å². The molecule has 0 saturated carbocycles. The third-order valence-corrected chi connectivity index (χ3v) is 5.36. The van der Waals surface area contributed by atoms with Crippen LogP contribution in [0.4, 0.5) is 5.82 Å². The van der Waals surface area contributed by atoms with Crippen molar-refractivity contribution in [1.29, 1.82) is 0 Å². The minimum atomic E-state index is 0.0158. The van der Waals surface area contributed by atoms with E-state index in [4.69, 9.17) is 0 Å². The molecule has 2 saturated heterocycles. The number of hydrogen-bond acceptors (Lipinski definition) is 4. The largest absolute Gasteiger partial charge is 0.317 e. The summed E-state index contributed by atoms with van der Waals surface area (Å²) < 4.78 is 1.94. The molecule has 2 aliphatic heterocycles. The second-order valence-electron chi connectivity index (χ2n) is 7.12. The fourth-order valence-electron chi connectivity index (χ4n) is 3.97. The molecule has 0 aliphatic carbocycles. The zero-order valence-electron chi connectivity index (χ0n) is 15.1. The molecule has 0 radical (unpaired) electrons. The Morgan fingerprint density at radius 2 is 2.17 bits per heavy atom. The van der Waals surface area contributed by atoms with Crippen LogP contribution in [-0.2, 0) is 11.3 Å². The first-order valence-electron chi connectivity index (χ1n) is 9.50. The molecule has 1 aromatic rings. The Kier molecular flexibility index (Phi) is 5.89. The summed E-state index contributed by atoms with van der Waals surface area (Å²) in [7, 11) is 0. The summed E-state index contributed by atoms with van der Waals surface area (Å²) in [6.45, 7) is 8.24. The van der Waals surface area contributed by atoms with Crippen LogP contribution in [0.1, 0.15) is 51.0 Å². The third kappa shape index (κ3) is 3.81. The van der Waals surface area contributed by atoms with Crippen molar-refractivity contribution in [1.82, 2.24) is 20.0 Å². The van der Waals surface area contributed by atoms with Crippen molar-refractivity contribution < 1.29 is 4.79 Å². The minimum absolute atomic E-state index is 0.0158. The summed E-state index contributed by atoms with van der Waals surface area (Å²) in [5.41, 5.74) is 1.05. The second kappa shape index (κ2) is 8.12. The van der Waals surface area contributed by atoms with Crippen molar-refractivity contribution >= 4 is 11.7 Å². The molecule has 0 spiro atoms. The molecule has 24 heavy (non-hydrogen) atoms. The van der Waals surface area contributed by atoms with Crippen molar-refractivity contribution in [3.05, 3.63) is 11.8 Å².